The summed E-state index contributed by atoms with van der Waals surface area (Å²) in [6.45, 7) is 10.7. The molecule has 1 fully saturated rings. The minimum absolute atomic E-state index is 0.0484. The zero-order valence-electron chi connectivity index (χ0n) is 23.0. The zero-order valence-corrected chi connectivity index (χ0v) is 23.9. The van der Waals surface area contributed by atoms with Crippen molar-refractivity contribution in [3.8, 4) is 17.0 Å². The van der Waals surface area contributed by atoms with Crippen LogP contribution in [0.25, 0.3) is 11.3 Å². The van der Waals surface area contributed by atoms with Crippen LogP contribution in [0.2, 0.25) is 0 Å². The average molecular weight is 574 g/mol. The van der Waals surface area contributed by atoms with Gasteiger partial charge in [-0.25, -0.2) is 23.5 Å². The van der Waals surface area contributed by atoms with E-state index in [1.54, 1.807) is 0 Å². The Bertz CT molecular complexity index is 1550. The second kappa shape index (κ2) is 11.0. The third-order valence-electron chi connectivity index (χ3n) is 7.12. The maximum absolute atomic E-state index is 15.6. The maximum atomic E-state index is 15.6. The smallest absolute Gasteiger partial charge is 0.281 e. The van der Waals surface area contributed by atoms with E-state index in [4.69, 9.17) is 10.5 Å². The molecule has 3 aromatic rings. The Hall–Kier alpha value is -3.80. The van der Waals surface area contributed by atoms with Gasteiger partial charge in [-0.3, -0.25) is 4.79 Å². The molecule has 214 valence electrons. The van der Waals surface area contributed by atoms with Crippen molar-refractivity contribution in [2.45, 2.75) is 51.6 Å². The van der Waals surface area contributed by atoms with Gasteiger partial charge >= 0.3 is 0 Å². The number of nitrogens with zero attached hydrogens (tertiary/aromatic N) is 3. The summed E-state index contributed by atoms with van der Waals surface area (Å²) in [5.41, 5.74) is 4.73. The molecule has 0 bridgehead atoms. The van der Waals surface area contributed by atoms with Crippen molar-refractivity contribution in [2.75, 3.05) is 23.8 Å². The van der Waals surface area contributed by atoms with Crippen LogP contribution in [0.15, 0.2) is 47.5 Å². The van der Waals surface area contributed by atoms with Gasteiger partial charge in [-0.2, -0.15) is 8.42 Å². The molecule has 40 heavy (non-hydrogen) atoms. The van der Waals surface area contributed by atoms with Crippen molar-refractivity contribution in [1.82, 2.24) is 14.7 Å². The van der Waals surface area contributed by atoms with Gasteiger partial charge in [0.25, 0.3) is 15.9 Å². The summed E-state index contributed by atoms with van der Waals surface area (Å²) in [5.74, 6) is -2.05. The number of nitrogen functional groups attached to an aromatic ring is 1. The fourth-order valence-electron chi connectivity index (χ4n) is 4.52. The van der Waals surface area contributed by atoms with E-state index in [1.807, 2.05) is 44.2 Å². The number of carbonyl (C=O) groups is 1. The predicted molar refractivity (Wildman–Crippen MR) is 148 cm³/mol. The Kier molecular flexibility index (Phi) is 8.02. The number of sulfonamides is 1. The Morgan fingerprint density at radius 1 is 1.20 bits per heavy atom. The monoisotopic (exact) mass is 573 g/mol. The molecule has 0 spiro atoms. The summed E-state index contributed by atoms with van der Waals surface area (Å²) in [7, 11) is -4.44. The van der Waals surface area contributed by atoms with Crippen molar-refractivity contribution < 1.29 is 26.7 Å². The first kappa shape index (κ1) is 29.2. The highest BCUT2D eigenvalue weighted by molar-refractivity contribution is 7.90. The van der Waals surface area contributed by atoms with Crippen LogP contribution in [-0.4, -0.2) is 43.0 Å². The van der Waals surface area contributed by atoms with E-state index >= 15 is 4.39 Å². The van der Waals surface area contributed by atoms with Crippen LogP contribution in [-0.2, 0) is 10.0 Å². The number of ether oxygens (including phenoxy) is 1. The van der Waals surface area contributed by atoms with Crippen molar-refractivity contribution in [3.05, 3.63) is 59.7 Å². The lowest BCUT2D eigenvalue weighted by Gasteiger charge is -2.36. The lowest BCUT2D eigenvalue weighted by molar-refractivity contribution is 0.0981. The maximum Gasteiger partial charge on any atom is 0.281 e. The first-order chi connectivity index (χ1) is 18.7. The molecule has 0 radical (unpaired) electrons. The standard InChI is InChI=1S/C28H33F2N5O4S/c1-16(2)15-39-20-12-18(11-19(29)13-20)25-22(30)14-21(26(33-25)35-10-9-17(3)28(35,4)5)27(36)34-40(37,38)24-8-6-7-23(31)32-24/h6-8,11-14,16-17H,9-10,15H2,1-5H3,(H2,31,32)(H,34,36). The van der Waals surface area contributed by atoms with E-state index in [9.17, 15) is 17.6 Å². The number of pyridine rings is 2. The number of hydrogen-bond donors (Lipinski definition) is 2. The van der Waals surface area contributed by atoms with Gasteiger partial charge in [0.1, 0.15) is 34.7 Å². The normalized spacial score (nSPS) is 16.8. The number of rotatable bonds is 8. The van der Waals surface area contributed by atoms with Crippen molar-refractivity contribution in [1.29, 1.82) is 0 Å². The number of halogens is 2. The van der Waals surface area contributed by atoms with Crippen molar-refractivity contribution in [3.63, 3.8) is 0 Å². The minimum atomic E-state index is -4.44. The van der Waals surface area contributed by atoms with E-state index in [2.05, 4.69) is 9.97 Å². The molecule has 1 saturated heterocycles. The Balaban J connectivity index is 1.82. The van der Waals surface area contributed by atoms with Crippen molar-refractivity contribution in [2.24, 2.45) is 11.8 Å². The highest BCUT2D eigenvalue weighted by Gasteiger charge is 2.41. The summed E-state index contributed by atoms with van der Waals surface area (Å²) in [6, 6.07) is 8.71. The van der Waals surface area contributed by atoms with Gasteiger partial charge in [0.15, 0.2) is 5.03 Å². The number of benzene rings is 1. The number of amides is 1. The van der Waals surface area contributed by atoms with Gasteiger partial charge in [0.2, 0.25) is 0 Å². The summed E-state index contributed by atoms with van der Waals surface area (Å²) < 4.78 is 63.6. The van der Waals surface area contributed by atoms with Crippen molar-refractivity contribution >= 4 is 27.6 Å². The van der Waals surface area contributed by atoms with Crippen LogP contribution in [0.1, 0.15) is 51.4 Å². The van der Waals surface area contributed by atoms with Gasteiger partial charge in [0, 0.05) is 23.7 Å². The molecule has 4 rings (SSSR count). The largest absolute Gasteiger partial charge is 0.493 e. The molecular weight excluding hydrogens is 540 g/mol. The third kappa shape index (κ3) is 6.01. The Morgan fingerprint density at radius 2 is 1.93 bits per heavy atom. The van der Waals surface area contributed by atoms with Gasteiger partial charge in [-0.1, -0.05) is 26.8 Å². The van der Waals surface area contributed by atoms with Crippen LogP contribution >= 0.6 is 0 Å². The number of hydrogen-bond acceptors (Lipinski definition) is 8. The number of aromatic nitrogens is 2. The summed E-state index contributed by atoms with van der Waals surface area (Å²) in [6.07, 6.45) is 0.765. The first-order valence-electron chi connectivity index (χ1n) is 12.9. The SMILES string of the molecule is CC(C)COc1cc(F)cc(-c2nc(N3CCC(C)C3(C)C)c(C(=O)NS(=O)(=O)c3cccc(N)n3)cc2F)c1. The molecule has 3 N–H and O–H groups in total. The van der Waals surface area contributed by atoms with Crippen LogP contribution < -0.4 is 20.1 Å². The number of carbonyl (C=O) groups excluding carboxylic acids is 1. The van der Waals surface area contributed by atoms with E-state index in [-0.39, 0.29) is 46.0 Å². The molecule has 3 heterocycles. The van der Waals surface area contributed by atoms with E-state index in [1.165, 1.54) is 30.3 Å². The Morgan fingerprint density at radius 3 is 2.55 bits per heavy atom. The fourth-order valence-corrected chi connectivity index (χ4v) is 5.46. The molecule has 12 heteroatoms. The lowest BCUT2D eigenvalue weighted by atomic mass is 9.90. The van der Waals surface area contributed by atoms with E-state index in [0.717, 1.165) is 18.6 Å². The molecule has 1 aliphatic rings. The van der Waals surface area contributed by atoms with Crippen LogP contribution in [0, 0.1) is 23.5 Å². The molecule has 2 aromatic heterocycles. The number of nitrogens with two attached hydrogens (primary N) is 1. The van der Waals surface area contributed by atoms with Gasteiger partial charge < -0.3 is 15.4 Å². The second-order valence-corrected chi connectivity index (χ2v) is 12.5. The molecule has 1 atom stereocenters. The first-order valence-corrected chi connectivity index (χ1v) is 14.4. The molecule has 1 unspecified atom stereocenters. The summed E-state index contributed by atoms with van der Waals surface area (Å²) in [4.78, 5) is 23.5. The van der Waals surface area contributed by atoms with Crippen LogP contribution in [0.5, 0.6) is 5.75 Å². The highest BCUT2D eigenvalue weighted by atomic mass is 32.2. The van der Waals surface area contributed by atoms with Gasteiger partial charge in [-0.05, 0) is 62.4 Å². The molecule has 0 saturated carbocycles. The highest BCUT2D eigenvalue weighted by Crippen LogP contribution is 2.40. The van der Waals surface area contributed by atoms with E-state index < -0.39 is 38.1 Å². The molecular formula is C28H33F2N5O4S. The molecule has 1 aliphatic heterocycles. The van der Waals surface area contributed by atoms with Crippen LogP contribution in [0.4, 0.5) is 20.4 Å². The summed E-state index contributed by atoms with van der Waals surface area (Å²) >= 11 is 0. The summed E-state index contributed by atoms with van der Waals surface area (Å²) in [5, 5.41) is -0.462. The number of anilines is 2. The third-order valence-corrected chi connectivity index (χ3v) is 8.35. The van der Waals surface area contributed by atoms with Crippen LogP contribution in [0.3, 0.4) is 0 Å². The molecule has 1 aromatic carbocycles. The average Bonchev–Trinajstić information content (AvgIpc) is 3.13. The number of nitrogens with one attached hydrogen (secondary N) is 1. The second-order valence-electron chi connectivity index (χ2n) is 10.9. The molecule has 9 nitrogen and oxygen atoms in total. The fraction of sp³-hybridized carbons (Fsp3) is 0.393. The zero-order chi connectivity index (χ0) is 29.4. The quantitative estimate of drug-likeness (QED) is 0.394. The topological polar surface area (TPSA) is 128 Å². The van der Waals surface area contributed by atoms with Gasteiger partial charge in [-0.15, -0.1) is 0 Å². The molecule has 0 aliphatic carbocycles. The Labute approximate surface area is 232 Å². The molecule has 1 amide bonds. The minimum Gasteiger partial charge on any atom is -0.493 e. The lowest BCUT2D eigenvalue weighted by Crippen LogP contribution is -2.44. The van der Waals surface area contributed by atoms with E-state index in [0.29, 0.717) is 13.2 Å². The van der Waals surface area contributed by atoms with Gasteiger partial charge in [0.05, 0.1) is 12.2 Å². The predicted octanol–water partition coefficient (Wildman–Crippen LogP) is 4.78.